The van der Waals surface area contributed by atoms with Crippen LogP contribution in [-0.4, -0.2) is 68.1 Å². The Labute approximate surface area is 166 Å². The summed E-state index contributed by atoms with van der Waals surface area (Å²) < 4.78 is 37.2. The van der Waals surface area contributed by atoms with Crippen LogP contribution >= 0.6 is 0 Å². The molecule has 156 valence electrons. The maximum atomic E-state index is 12.8. The maximum absolute atomic E-state index is 12.8. The quantitative estimate of drug-likeness (QED) is 0.687. The van der Waals surface area contributed by atoms with Gasteiger partial charge in [-0.25, -0.2) is 13.2 Å². The van der Waals surface area contributed by atoms with Crippen LogP contribution in [0.5, 0.6) is 0 Å². The van der Waals surface area contributed by atoms with E-state index in [1.165, 1.54) is 21.3 Å². The van der Waals surface area contributed by atoms with Gasteiger partial charge in [-0.3, -0.25) is 4.79 Å². The lowest BCUT2D eigenvalue weighted by Crippen LogP contribution is -2.51. The first-order valence-corrected chi connectivity index (χ1v) is 10.7. The van der Waals surface area contributed by atoms with Crippen molar-refractivity contribution in [1.29, 1.82) is 0 Å². The molecule has 0 aromatic heterocycles. The van der Waals surface area contributed by atoms with Crippen LogP contribution in [0.3, 0.4) is 0 Å². The lowest BCUT2D eigenvalue weighted by Gasteiger charge is -2.35. The molecule has 0 bridgehead atoms. The van der Waals surface area contributed by atoms with Gasteiger partial charge in [0.05, 0.1) is 17.9 Å². The summed E-state index contributed by atoms with van der Waals surface area (Å²) in [4.78, 5) is 25.3. The number of carbonyl (C=O) groups is 2. The Bertz CT molecular complexity index is 791. The van der Waals surface area contributed by atoms with E-state index in [9.17, 15) is 18.0 Å². The molecule has 1 fully saturated rings. The number of rotatable bonds is 5. The number of sulfonamides is 1. The zero-order chi connectivity index (χ0) is 20.9. The number of ether oxygens (including phenoxy) is 2. The van der Waals surface area contributed by atoms with Gasteiger partial charge in [0.15, 0.2) is 0 Å². The van der Waals surface area contributed by atoms with E-state index in [0.29, 0.717) is 12.2 Å². The summed E-state index contributed by atoms with van der Waals surface area (Å²) in [5, 5.41) is 0. The average Bonchev–Trinajstić information content (AvgIpc) is 2.61. The highest BCUT2D eigenvalue weighted by atomic mass is 32.2. The zero-order valence-electron chi connectivity index (χ0n) is 16.8. The van der Waals surface area contributed by atoms with E-state index < -0.39 is 21.7 Å². The molecule has 0 aliphatic carbocycles. The highest BCUT2D eigenvalue weighted by Gasteiger charge is 2.31. The van der Waals surface area contributed by atoms with Crippen molar-refractivity contribution in [3.8, 4) is 0 Å². The van der Waals surface area contributed by atoms with Crippen molar-refractivity contribution in [2.24, 2.45) is 0 Å². The van der Waals surface area contributed by atoms with Crippen LogP contribution in [0, 0.1) is 0 Å². The SMILES string of the molecule is CCOC(=O)Cc1ccc(S(=O)(=O)N2CCN(C(=O)OC(C)(C)C)CC2)cc1. The maximum Gasteiger partial charge on any atom is 0.410 e. The molecule has 0 N–H and O–H groups in total. The van der Waals surface area contributed by atoms with E-state index in [1.54, 1.807) is 39.8 Å². The van der Waals surface area contributed by atoms with Gasteiger partial charge in [0.1, 0.15) is 5.60 Å². The van der Waals surface area contributed by atoms with Crippen molar-refractivity contribution in [3.63, 3.8) is 0 Å². The average molecular weight is 413 g/mol. The van der Waals surface area contributed by atoms with Gasteiger partial charge in [-0.05, 0) is 45.4 Å². The molecule has 9 heteroatoms. The number of hydrogen-bond donors (Lipinski definition) is 0. The zero-order valence-corrected chi connectivity index (χ0v) is 17.6. The van der Waals surface area contributed by atoms with Gasteiger partial charge in [0.2, 0.25) is 10.0 Å². The number of benzene rings is 1. The number of amides is 1. The largest absolute Gasteiger partial charge is 0.466 e. The smallest absolute Gasteiger partial charge is 0.410 e. The van der Waals surface area contributed by atoms with Crippen molar-refractivity contribution in [1.82, 2.24) is 9.21 Å². The number of carbonyl (C=O) groups excluding carboxylic acids is 2. The summed E-state index contributed by atoms with van der Waals surface area (Å²) in [5.74, 6) is -0.351. The minimum Gasteiger partial charge on any atom is -0.466 e. The van der Waals surface area contributed by atoms with E-state index in [1.807, 2.05) is 0 Å². The molecular formula is C19H28N2O6S. The minimum absolute atomic E-state index is 0.0999. The van der Waals surface area contributed by atoms with Crippen LogP contribution in [-0.2, 0) is 30.7 Å². The van der Waals surface area contributed by atoms with Gasteiger partial charge in [-0.2, -0.15) is 4.31 Å². The Morgan fingerprint density at radius 2 is 1.61 bits per heavy atom. The monoisotopic (exact) mass is 412 g/mol. The molecule has 0 spiro atoms. The Kier molecular flexibility index (Phi) is 7.06. The normalized spacial score (nSPS) is 15.9. The van der Waals surface area contributed by atoms with Crippen molar-refractivity contribution in [2.75, 3.05) is 32.8 Å². The lowest BCUT2D eigenvalue weighted by molar-refractivity contribution is -0.142. The predicted octanol–water partition coefficient (Wildman–Crippen LogP) is 2.03. The summed E-state index contributed by atoms with van der Waals surface area (Å²) in [6.07, 6.45) is -0.337. The van der Waals surface area contributed by atoms with E-state index in [4.69, 9.17) is 9.47 Å². The molecule has 1 amide bonds. The first kappa shape index (κ1) is 22.2. The summed E-state index contributed by atoms with van der Waals surface area (Å²) in [5.41, 5.74) is 0.0955. The summed E-state index contributed by atoms with van der Waals surface area (Å²) in [6, 6.07) is 6.20. The van der Waals surface area contributed by atoms with Crippen LogP contribution in [0.1, 0.15) is 33.3 Å². The fourth-order valence-corrected chi connectivity index (χ4v) is 4.17. The second-order valence-electron chi connectivity index (χ2n) is 7.50. The fourth-order valence-electron chi connectivity index (χ4n) is 2.74. The second kappa shape index (κ2) is 8.91. The molecule has 8 nitrogen and oxygen atoms in total. The highest BCUT2D eigenvalue weighted by molar-refractivity contribution is 7.89. The molecule has 1 heterocycles. The van der Waals surface area contributed by atoms with Gasteiger partial charge in [0.25, 0.3) is 0 Å². The Morgan fingerprint density at radius 1 is 1.04 bits per heavy atom. The molecule has 1 aromatic carbocycles. The minimum atomic E-state index is -3.66. The third kappa shape index (κ3) is 5.93. The van der Waals surface area contributed by atoms with Gasteiger partial charge in [-0.1, -0.05) is 12.1 Å². The van der Waals surface area contributed by atoms with Gasteiger partial charge >= 0.3 is 12.1 Å². The number of hydrogen-bond acceptors (Lipinski definition) is 6. The first-order chi connectivity index (χ1) is 13.0. The van der Waals surface area contributed by atoms with Crippen molar-refractivity contribution >= 4 is 22.1 Å². The molecule has 0 radical (unpaired) electrons. The van der Waals surface area contributed by atoms with Crippen LogP contribution in [0.2, 0.25) is 0 Å². The standard InChI is InChI=1S/C19H28N2O6S/c1-5-26-17(22)14-15-6-8-16(9-7-15)28(24,25)21-12-10-20(11-13-21)18(23)27-19(2,3)4/h6-9H,5,10-14H2,1-4H3. The molecule has 1 aromatic rings. The third-order valence-corrected chi connectivity index (χ3v) is 6.02. The topological polar surface area (TPSA) is 93.2 Å². The summed E-state index contributed by atoms with van der Waals surface area (Å²) >= 11 is 0. The molecule has 1 aliphatic rings. The van der Waals surface area contributed by atoms with Crippen LogP contribution in [0.4, 0.5) is 4.79 Å². The molecule has 0 saturated carbocycles. The molecule has 28 heavy (non-hydrogen) atoms. The fraction of sp³-hybridized carbons (Fsp3) is 0.579. The molecule has 1 saturated heterocycles. The number of piperazine rings is 1. The summed E-state index contributed by atoms with van der Waals surface area (Å²) in [6.45, 7) is 8.35. The first-order valence-electron chi connectivity index (χ1n) is 9.25. The van der Waals surface area contributed by atoms with Crippen molar-refractivity contribution in [3.05, 3.63) is 29.8 Å². The Morgan fingerprint density at radius 3 is 2.11 bits per heavy atom. The lowest BCUT2D eigenvalue weighted by atomic mass is 10.1. The van der Waals surface area contributed by atoms with E-state index >= 15 is 0 Å². The Balaban J connectivity index is 1.98. The number of nitrogens with zero attached hydrogens (tertiary/aromatic N) is 2. The third-order valence-electron chi connectivity index (χ3n) is 4.11. The van der Waals surface area contributed by atoms with Crippen molar-refractivity contribution < 1.29 is 27.5 Å². The van der Waals surface area contributed by atoms with Crippen LogP contribution < -0.4 is 0 Å². The molecule has 0 atom stereocenters. The number of esters is 1. The van der Waals surface area contributed by atoms with E-state index in [0.717, 1.165) is 0 Å². The Hall–Kier alpha value is -2.13. The summed E-state index contributed by atoms with van der Waals surface area (Å²) in [7, 11) is -3.66. The molecular weight excluding hydrogens is 384 g/mol. The van der Waals surface area contributed by atoms with E-state index in [2.05, 4.69) is 0 Å². The second-order valence-corrected chi connectivity index (χ2v) is 9.44. The van der Waals surface area contributed by atoms with Gasteiger partial charge in [-0.15, -0.1) is 0 Å². The molecule has 0 unspecified atom stereocenters. The van der Waals surface area contributed by atoms with Gasteiger partial charge < -0.3 is 14.4 Å². The molecule has 1 aliphatic heterocycles. The van der Waals surface area contributed by atoms with Crippen LogP contribution in [0.15, 0.2) is 29.2 Å². The molecule has 2 rings (SSSR count). The van der Waals surface area contributed by atoms with Crippen LogP contribution in [0.25, 0.3) is 0 Å². The van der Waals surface area contributed by atoms with E-state index in [-0.39, 0.29) is 43.5 Å². The highest BCUT2D eigenvalue weighted by Crippen LogP contribution is 2.20. The van der Waals surface area contributed by atoms with Gasteiger partial charge in [0, 0.05) is 26.2 Å². The predicted molar refractivity (Wildman–Crippen MR) is 103 cm³/mol. The van der Waals surface area contributed by atoms with Crippen molar-refractivity contribution in [2.45, 2.75) is 44.6 Å².